The Morgan fingerprint density at radius 3 is 2.76 bits per heavy atom. The van der Waals surface area contributed by atoms with Gasteiger partial charge < -0.3 is 18.9 Å². The molecule has 2 atom stereocenters. The molecule has 1 aliphatic heterocycles. The third-order valence-electron chi connectivity index (χ3n) is 3.31. The van der Waals surface area contributed by atoms with Crippen LogP contribution < -0.4 is 11.2 Å². The molecule has 10 nitrogen and oxygen atoms in total. The van der Waals surface area contributed by atoms with Gasteiger partial charge in [-0.25, -0.2) is 14.4 Å². The van der Waals surface area contributed by atoms with Crippen molar-refractivity contribution in [3.05, 3.63) is 33.1 Å². The molecule has 2 heterocycles. The molecule has 10 heteroatoms. The summed E-state index contributed by atoms with van der Waals surface area (Å²) in [5, 5.41) is 0. The van der Waals surface area contributed by atoms with E-state index in [1.54, 1.807) is 13.8 Å². The van der Waals surface area contributed by atoms with Gasteiger partial charge in [-0.15, -0.1) is 0 Å². The Bertz CT molecular complexity index is 723. The van der Waals surface area contributed by atoms with E-state index in [1.165, 1.54) is 16.8 Å². The summed E-state index contributed by atoms with van der Waals surface area (Å²) in [5.41, 5.74) is -1.06. The van der Waals surface area contributed by atoms with Gasteiger partial charge in [-0.3, -0.25) is 14.3 Å². The van der Waals surface area contributed by atoms with Crippen molar-refractivity contribution >= 4 is 12.1 Å². The van der Waals surface area contributed by atoms with Crippen LogP contribution in [0, 0.1) is 0 Å². The van der Waals surface area contributed by atoms with Crippen LogP contribution in [0.5, 0.6) is 0 Å². The topological polar surface area (TPSA) is 126 Å². The molecule has 1 N–H and O–H groups in total. The number of carbonyl (C=O) groups excluding carboxylic acids is 2. The van der Waals surface area contributed by atoms with Gasteiger partial charge in [0.2, 0.25) is 0 Å². The van der Waals surface area contributed by atoms with Gasteiger partial charge in [-0.05, 0) is 26.7 Å². The number of hydrogen-bond acceptors (Lipinski definition) is 8. The van der Waals surface area contributed by atoms with Crippen LogP contribution in [0.4, 0.5) is 4.79 Å². The van der Waals surface area contributed by atoms with Gasteiger partial charge in [-0.2, -0.15) is 0 Å². The lowest BCUT2D eigenvalue weighted by atomic mass is 10.2. The summed E-state index contributed by atoms with van der Waals surface area (Å²) in [4.78, 5) is 47.6. The van der Waals surface area contributed by atoms with Crippen molar-refractivity contribution in [2.75, 3.05) is 13.2 Å². The van der Waals surface area contributed by atoms with E-state index in [1.807, 2.05) is 0 Å². The number of ether oxygens (including phenoxy) is 4. The SMILES string of the molecule is CC(C)OC(=O)COC(=O)OCC1CCC(n2ccc(=O)[nH]c2=O)O1. The van der Waals surface area contributed by atoms with Gasteiger partial charge in [0, 0.05) is 12.3 Å². The predicted molar refractivity (Wildman–Crippen MR) is 83.0 cm³/mol. The van der Waals surface area contributed by atoms with Crippen LogP contribution in [-0.2, 0) is 23.7 Å². The fourth-order valence-corrected chi connectivity index (χ4v) is 2.29. The minimum absolute atomic E-state index is 0.0767. The quantitative estimate of drug-likeness (QED) is 0.722. The van der Waals surface area contributed by atoms with Gasteiger partial charge >= 0.3 is 17.8 Å². The molecule has 1 aliphatic rings. The predicted octanol–water partition coefficient (Wildman–Crippen LogP) is 0.319. The summed E-state index contributed by atoms with van der Waals surface area (Å²) in [6.45, 7) is 2.75. The summed E-state index contributed by atoms with van der Waals surface area (Å²) in [7, 11) is 0. The van der Waals surface area contributed by atoms with Gasteiger partial charge in [0.15, 0.2) is 6.61 Å². The van der Waals surface area contributed by atoms with Gasteiger partial charge in [0.05, 0.1) is 12.2 Å². The summed E-state index contributed by atoms with van der Waals surface area (Å²) in [6.07, 6.45) is 0.161. The number of aromatic amines is 1. The second-order valence-electron chi connectivity index (χ2n) is 5.70. The highest BCUT2D eigenvalue weighted by atomic mass is 16.7. The van der Waals surface area contributed by atoms with E-state index >= 15 is 0 Å². The normalized spacial score (nSPS) is 19.6. The zero-order valence-corrected chi connectivity index (χ0v) is 13.9. The average Bonchev–Trinajstić information content (AvgIpc) is 2.99. The fourth-order valence-electron chi connectivity index (χ4n) is 2.29. The highest BCUT2D eigenvalue weighted by Crippen LogP contribution is 2.26. The van der Waals surface area contributed by atoms with Crippen molar-refractivity contribution in [2.24, 2.45) is 0 Å². The molecule has 1 fully saturated rings. The Morgan fingerprint density at radius 2 is 2.08 bits per heavy atom. The van der Waals surface area contributed by atoms with Crippen LogP contribution in [0.3, 0.4) is 0 Å². The molecule has 0 amide bonds. The van der Waals surface area contributed by atoms with Crippen molar-refractivity contribution in [3.63, 3.8) is 0 Å². The molecule has 0 spiro atoms. The first-order valence-corrected chi connectivity index (χ1v) is 7.81. The first-order valence-electron chi connectivity index (χ1n) is 7.81. The van der Waals surface area contributed by atoms with E-state index in [0.29, 0.717) is 12.8 Å². The molecule has 0 bridgehead atoms. The van der Waals surface area contributed by atoms with Crippen LogP contribution in [0.2, 0.25) is 0 Å². The van der Waals surface area contributed by atoms with Crippen LogP contribution in [0.1, 0.15) is 32.9 Å². The molecule has 25 heavy (non-hydrogen) atoms. The molecule has 0 aliphatic carbocycles. The molecule has 0 saturated carbocycles. The Balaban J connectivity index is 1.74. The van der Waals surface area contributed by atoms with Crippen molar-refractivity contribution in [2.45, 2.75) is 45.1 Å². The average molecular weight is 356 g/mol. The largest absolute Gasteiger partial charge is 0.508 e. The van der Waals surface area contributed by atoms with Crippen LogP contribution >= 0.6 is 0 Å². The zero-order valence-electron chi connectivity index (χ0n) is 13.9. The number of nitrogens with zero attached hydrogens (tertiary/aromatic N) is 1. The van der Waals surface area contributed by atoms with Crippen LogP contribution in [0.15, 0.2) is 21.9 Å². The molecule has 138 valence electrons. The number of aromatic nitrogens is 2. The third-order valence-corrected chi connectivity index (χ3v) is 3.31. The number of carbonyl (C=O) groups is 2. The first-order chi connectivity index (χ1) is 11.8. The number of rotatable bonds is 6. The van der Waals surface area contributed by atoms with E-state index in [0.717, 1.165) is 0 Å². The highest BCUT2D eigenvalue weighted by Gasteiger charge is 2.28. The second kappa shape index (κ2) is 8.47. The standard InChI is InChI=1S/C15H20N2O8/c1-9(2)24-13(19)8-23-15(21)22-7-10-3-4-12(25-10)17-6-5-11(18)16-14(17)20/h5-6,9-10,12H,3-4,7-8H2,1-2H3,(H,16,18,20). The highest BCUT2D eigenvalue weighted by molar-refractivity contribution is 5.73. The zero-order chi connectivity index (χ0) is 18.4. The minimum atomic E-state index is -1.01. The van der Waals surface area contributed by atoms with Gasteiger partial charge in [0.25, 0.3) is 5.56 Å². The minimum Gasteiger partial charge on any atom is -0.460 e. The molecular formula is C15H20N2O8. The monoisotopic (exact) mass is 356 g/mol. The van der Waals surface area contributed by atoms with Crippen LogP contribution in [0.25, 0.3) is 0 Å². The van der Waals surface area contributed by atoms with Crippen molar-refractivity contribution in [1.29, 1.82) is 0 Å². The van der Waals surface area contributed by atoms with E-state index < -0.39 is 42.3 Å². The maximum Gasteiger partial charge on any atom is 0.508 e. The summed E-state index contributed by atoms with van der Waals surface area (Å²) in [5.74, 6) is -0.665. The van der Waals surface area contributed by atoms with Gasteiger partial charge in [0.1, 0.15) is 12.8 Å². The lowest BCUT2D eigenvalue weighted by molar-refractivity contribution is -0.151. The third kappa shape index (κ3) is 5.75. The molecular weight excluding hydrogens is 336 g/mol. The fraction of sp³-hybridized carbons (Fsp3) is 0.600. The van der Waals surface area contributed by atoms with Crippen molar-refractivity contribution in [1.82, 2.24) is 9.55 Å². The molecule has 0 radical (unpaired) electrons. The molecule has 2 unspecified atom stereocenters. The smallest absolute Gasteiger partial charge is 0.460 e. The lowest BCUT2D eigenvalue weighted by Gasteiger charge is -2.15. The number of H-pyrrole nitrogens is 1. The number of esters is 1. The Labute approximate surface area is 142 Å². The summed E-state index contributed by atoms with van der Waals surface area (Å²) in [6, 6.07) is 1.22. The molecule has 0 aromatic carbocycles. The Morgan fingerprint density at radius 1 is 1.32 bits per heavy atom. The van der Waals surface area contributed by atoms with E-state index in [9.17, 15) is 19.2 Å². The summed E-state index contributed by atoms with van der Waals surface area (Å²) < 4.78 is 21.2. The van der Waals surface area contributed by atoms with E-state index in [-0.39, 0.29) is 12.7 Å². The summed E-state index contributed by atoms with van der Waals surface area (Å²) >= 11 is 0. The van der Waals surface area contributed by atoms with Crippen LogP contribution in [-0.4, -0.2) is 47.1 Å². The maximum absolute atomic E-state index is 11.7. The molecule has 1 saturated heterocycles. The number of nitrogens with one attached hydrogen (secondary N) is 1. The maximum atomic E-state index is 11.7. The molecule has 1 aromatic rings. The Hall–Kier alpha value is -2.62. The van der Waals surface area contributed by atoms with Gasteiger partial charge in [-0.1, -0.05) is 0 Å². The van der Waals surface area contributed by atoms with E-state index in [2.05, 4.69) is 9.72 Å². The second-order valence-corrected chi connectivity index (χ2v) is 5.70. The Kier molecular flexibility index (Phi) is 6.34. The molecule has 1 aromatic heterocycles. The first kappa shape index (κ1) is 18.7. The van der Waals surface area contributed by atoms with Crippen molar-refractivity contribution < 1.29 is 28.5 Å². The van der Waals surface area contributed by atoms with E-state index in [4.69, 9.17) is 14.2 Å². The lowest BCUT2D eigenvalue weighted by Crippen LogP contribution is -2.32. The van der Waals surface area contributed by atoms with Crippen molar-refractivity contribution in [3.8, 4) is 0 Å². The molecule has 2 rings (SSSR count). The number of hydrogen-bond donors (Lipinski definition) is 1.